The van der Waals surface area contributed by atoms with Gasteiger partial charge in [0.1, 0.15) is 11.9 Å². The lowest BCUT2D eigenvalue weighted by Crippen LogP contribution is -2.21. The summed E-state index contributed by atoms with van der Waals surface area (Å²) in [5, 5.41) is 2.75. The highest BCUT2D eigenvalue weighted by Crippen LogP contribution is 2.02. The molecule has 0 aromatic rings. The number of carbonyl (C=O) groups is 2. The Morgan fingerprint density at radius 1 is 1.31 bits per heavy atom. The largest absolute Gasteiger partial charge is 0.462 e. The standard InChI is InChI=1S/C5H10O2.C4H9NO/c1-5(2,3)7-4-6;1-4(3-6)5-2/h4H,1-3H3;3-5H,1-2H3/t;4-/m.0/s1. The molecule has 0 radical (unpaired) electrons. The maximum atomic E-state index is 9.67. The molecule has 0 aliphatic carbocycles. The fraction of sp³-hybridized carbons (Fsp3) is 0.778. The molecular weight excluding hydrogens is 170 g/mol. The van der Waals surface area contributed by atoms with E-state index in [4.69, 9.17) is 0 Å². The van der Waals surface area contributed by atoms with Gasteiger partial charge in [0.05, 0.1) is 6.04 Å². The van der Waals surface area contributed by atoms with Gasteiger partial charge in [-0.25, -0.2) is 0 Å². The molecule has 0 aliphatic rings. The average molecular weight is 189 g/mol. The first-order valence-corrected chi connectivity index (χ1v) is 4.11. The van der Waals surface area contributed by atoms with Gasteiger partial charge < -0.3 is 14.8 Å². The van der Waals surface area contributed by atoms with Gasteiger partial charge in [-0.05, 0) is 34.7 Å². The van der Waals surface area contributed by atoms with Gasteiger partial charge in [0.2, 0.25) is 0 Å². The summed E-state index contributed by atoms with van der Waals surface area (Å²) in [5.41, 5.74) is -0.318. The topological polar surface area (TPSA) is 55.4 Å². The van der Waals surface area contributed by atoms with Crippen LogP contribution in [0.5, 0.6) is 0 Å². The molecule has 0 fully saturated rings. The van der Waals surface area contributed by atoms with E-state index in [0.717, 1.165) is 6.29 Å². The van der Waals surface area contributed by atoms with Crippen molar-refractivity contribution in [3.05, 3.63) is 0 Å². The van der Waals surface area contributed by atoms with Crippen LogP contribution in [0.25, 0.3) is 0 Å². The van der Waals surface area contributed by atoms with Crippen LogP contribution in [0.2, 0.25) is 0 Å². The molecule has 1 N–H and O–H groups in total. The molecule has 4 nitrogen and oxygen atoms in total. The highest BCUT2D eigenvalue weighted by atomic mass is 16.5. The number of ether oxygens (including phenoxy) is 1. The minimum atomic E-state index is -0.318. The third-order valence-corrected chi connectivity index (χ3v) is 1.06. The van der Waals surface area contributed by atoms with Crippen LogP contribution >= 0.6 is 0 Å². The molecule has 0 unspecified atom stereocenters. The fourth-order valence-corrected chi connectivity index (χ4v) is 0.212. The van der Waals surface area contributed by atoms with E-state index < -0.39 is 0 Å². The second-order valence-electron chi connectivity index (χ2n) is 3.54. The summed E-state index contributed by atoms with van der Waals surface area (Å²) in [5.74, 6) is 0. The van der Waals surface area contributed by atoms with Gasteiger partial charge in [-0.2, -0.15) is 0 Å². The van der Waals surface area contributed by atoms with E-state index in [2.05, 4.69) is 10.1 Å². The summed E-state index contributed by atoms with van der Waals surface area (Å²) in [7, 11) is 1.75. The third kappa shape index (κ3) is 18.2. The zero-order valence-corrected chi connectivity index (χ0v) is 8.96. The Bertz CT molecular complexity index is 140. The molecule has 0 bridgehead atoms. The predicted octanol–water partition coefficient (Wildman–Crippen LogP) is 0.751. The number of hydrogen-bond donors (Lipinski definition) is 1. The quantitative estimate of drug-likeness (QED) is 0.666. The summed E-state index contributed by atoms with van der Waals surface area (Å²) < 4.78 is 4.55. The molecule has 0 amide bonds. The van der Waals surface area contributed by atoms with Crippen molar-refractivity contribution < 1.29 is 14.3 Å². The Balaban J connectivity index is 0. The third-order valence-electron chi connectivity index (χ3n) is 1.06. The van der Waals surface area contributed by atoms with Crippen molar-refractivity contribution >= 4 is 12.8 Å². The maximum Gasteiger partial charge on any atom is 0.293 e. The molecule has 0 saturated carbocycles. The van der Waals surface area contributed by atoms with Crippen LogP contribution < -0.4 is 5.32 Å². The Kier molecular flexibility index (Phi) is 8.69. The van der Waals surface area contributed by atoms with Gasteiger partial charge in [0, 0.05) is 0 Å². The van der Waals surface area contributed by atoms with Crippen LogP contribution in [0.4, 0.5) is 0 Å². The molecule has 4 heteroatoms. The van der Waals surface area contributed by atoms with Crippen molar-refractivity contribution in [3.63, 3.8) is 0 Å². The normalized spacial score (nSPS) is 12.1. The molecule has 0 aromatic carbocycles. The van der Waals surface area contributed by atoms with Gasteiger partial charge in [0.25, 0.3) is 6.47 Å². The van der Waals surface area contributed by atoms with E-state index in [9.17, 15) is 9.59 Å². The van der Waals surface area contributed by atoms with Crippen molar-refractivity contribution in [2.45, 2.75) is 39.3 Å². The number of rotatable bonds is 3. The van der Waals surface area contributed by atoms with E-state index in [-0.39, 0.29) is 11.6 Å². The highest BCUT2D eigenvalue weighted by molar-refractivity contribution is 5.56. The second kappa shape index (κ2) is 7.73. The van der Waals surface area contributed by atoms with Crippen molar-refractivity contribution in [2.75, 3.05) is 7.05 Å². The summed E-state index contributed by atoms with van der Waals surface area (Å²) >= 11 is 0. The monoisotopic (exact) mass is 189 g/mol. The van der Waals surface area contributed by atoms with Gasteiger partial charge in [-0.15, -0.1) is 0 Å². The van der Waals surface area contributed by atoms with Crippen molar-refractivity contribution in [2.24, 2.45) is 0 Å². The zero-order chi connectivity index (χ0) is 10.9. The van der Waals surface area contributed by atoms with Crippen LogP contribution in [0, 0.1) is 0 Å². The molecular formula is C9H19NO3. The molecule has 0 rings (SSSR count). The minimum Gasteiger partial charge on any atom is -0.462 e. The summed E-state index contributed by atoms with van der Waals surface area (Å²) in [6, 6.07) is 0.00463. The average Bonchev–Trinajstić information content (AvgIpc) is 2.02. The maximum absolute atomic E-state index is 9.67. The van der Waals surface area contributed by atoms with Crippen molar-refractivity contribution in [3.8, 4) is 0 Å². The molecule has 13 heavy (non-hydrogen) atoms. The number of aldehydes is 1. The van der Waals surface area contributed by atoms with E-state index in [1.165, 1.54) is 0 Å². The van der Waals surface area contributed by atoms with E-state index in [0.29, 0.717) is 6.47 Å². The van der Waals surface area contributed by atoms with Crippen LogP contribution in [0.3, 0.4) is 0 Å². The van der Waals surface area contributed by atoms with Crippen LogP contribution in [-0.2, 0) is 14.3 Å². The molecule has 0 spiro atoms. The SMILES string of the molecule is CC(C)(C)OC=O.CN[C@@H](C)C=O. The van der Waals surface area contributed by atoms with Gasteiger partial charge >= 0.3 is 0 Å². The van der Waals surface area contributed by atoms with Crippen LogP contribution in [-0.4, -0.2) is 31.4 Å². The summed E-state index contributed by atoms with van der Waals surface area (Å²) in [4.78, 5) is 19.3. The second-order valence-corrected chi connectivity index (χ2v) is 3.54. The van der Waals surface area contributed by atoms with E-state index in [1.807, 2.05) is 20.8 Å². The molecule has 1 atom stereocenters. The first-order chi connectivity index (χ1) is 5.87. The lowest BCUT2D eigenvalue weighted by molar-refractivity contribution is -0.138. The Hall–Kier alpha value is -0.900. The first kappa shape index (κ1) is 14.6. The van der Waals surface area contributed by atoms with E-state index in [1.54, 1.807) is 14.0 Å². The first-order valence-electron chi connectivity index (χ1n) is 4.11. The summed E-state index contributed by atoms with van der Waals surface area (Å²) in [6.45, 7) is 7.72. The highest BCUT2D eigenvalue weighted by Gasteiger charge is 2.07. The fourth-order valence-electron chi connectivity index (χ4n) is 0.212. The minimum absolute atomic E-state index is 0.00463. The van der Waals surface area contributed by atoms with Crippen LogP contribution in [0.1, 0.15) is 27.7 Å². The zero-order valence-electron chi connectivity index (χ0n) is 8.96. The van der Waals surface area contributed by atoms with Gasteiger partial charge in [-0.3, -0.25) is 4.79 Å². The van der Waals surface area contributed by atoms with Gasteiger partial charge in [-0.1, -0.05) is 0 Å². The lowest BCUT2D eigenvalue weighted by atomic mass is 10.2. The number of hydrogen-bond acceptors (Lipinski definition) is 4. The molecule has 78 valence electrons. The Labute approximate surface area is 79.7 Å². The number of carbonyl (C=O) groups excluding carboxylic acids is 2. The smallest absolute Gasteiger partial charge is 0.293 e. The Morgan fingerprint density at radius 2 is 1.77 bits per heavy atom. The molecule has 0 aliphatic heterocycles. The molecule has 0 heterocycles. The lowest BCUT2D eigenvalue weighted by Gasteiger charge is -2.14. The number of nitrogens with one attached hydrogen (secondary N) is 1. The predicted molar refractivity (Wildman–Crippen MR) is 51.5 cm³/mol. The van der Waals surface area contributed by atoms with Crippen molar-refractivity contribution in [1.29, 1.82) is 0 Å². The molecule has 0 aromatic heterocycles. The molecule has 0 saturated heterocycles. The number of likely N-dealkylation sites (N-methyl/N-ethyl adjacent to an activating group) is 1. The van der Waals surface area contributed by atoms with Crippen LogP contribution in [0.15, 0.2) is 0 Å². The Morgan fingerprint density at radius 3 is 1.77 bits per heavy atom. The van der Waals surface area contributed by atoms with Crippen molar-refractivity contribution in [1.82, 2.24) is 5.32 Å². The van der Waals surface area contributed by atoms with Gasteiger partial charge in [0.15, 0.2) is 0 Å². The summed E-state index contributed by atoms with van der Waals surface area (Å²) in [6.07, 6.45) is 0.861. The van der Waals surface area contributed by atoms with E-state index >= 15 is 0 Å².